The highest BCUT2D eigenvalue weighted by molar-refractivity contribution is 14.1. The van der Waals surface area contributed by atoms with Crippen molar-refractivity contribution in [2.24, 2.45) is 17.8 Å². The molecule has 0 amide bonds. The average molecular weight is 346 g/mol. The molecule has 2 fully saturated rings. The Balaban J connectivity index is 1.71. The molecule has 0 nitrogen and oxygen atoms in total. The van der Waals surface area contributed by atoms with Gasteiger partial charge in [0, 0.05) is 3.92 Å². The number of allylic oxidation sites excluding steroid dienone is 2. The van der Waals surface area contributed by atoms with E-state index in [2.05, 4.69) is 41.7 Å². The highest BCUT2D eigenvalue weighted by atomic mass is 127. The molecule has 1 heteroatoms. The van der Waals surface area contributed by atoms with Gasteiger partial charge in [0.1, 0.15) is 0 Å². The first-order valence-corrected chi connectivity index (χ1v) is 8.79. The van der Waals surface area contributed by atoms with Crippen LogP contribution in [-0.4, -0.2) is 3.92 Å². The fourth-order valence-electron chi connectivity index (χ4n) is 3.77. The van der Waals surface area contributed by atoms with E-state index in [9.17, 15) is 0 Å². The minimum Gasteiger partial charge on any atom is -0.0917 e. The van der Waals surface area contributed by atoms with Gasteiger partial charge < -0.3 is 0 Å². The van der Waals surface area contributed by atoms with Gasteiger partial charge in [-0.3, -0.25) is 0 Å². The molecule has 2 aliphatic carbocycles. The Hall–Kier alpha value is 0.470. The number of hydrogen-bond donors (Lipinski definition) is 0. The second-order valence-electron chi connectivity index (χ2n) is 6.10. The lowest BCUT2D eigenvalue weighted by Crippen LogP contribution is -2.25. The molecule has 0 radical (unpaired) electrons. The molecule has 0 unspecified atom stereocenters. The molecule has 2 saturated carbocycles. The largest absolute Gasteiger partial charge is 0.0917 e. The van der Waals surface area contributed by atoms with Crippen LogP contribution >= 0.6 is 22.6 Å². The molecule has 0 saturated heterocycles. The van der Waals surface area contributed by atoms with Gasteiger partial charge in [0.15, 0.2) is 0 Å². The Morgan fingerprint density at radius 2 is 1.41 bits per heavy atom. The van der Waals surface area contributed by atoms with Crippen LogP contribution in [0.2, 0.25) is 0 Å². The molecule has 2 rings (SSSR count). The number of hydrogen-bond acceptors (Lipinski definition) is 0. The number of rotatable bonds is 3. The van der Waals surface area contributed by atoms with Gasteiger partial charge in [-0.15, -0.1) is 0 Å². The van der Waals surface area contributed by atoms with Crippen molar-refractivity contribution in [1.29, 1.82) is 0 Å². The molecular formula is C16H27I. The summed E-state index contributed by atoms with van der Waals surface area (Å²) in [6.45, 7) is 2.15. The summed E-state index contributed by atoms with van der Waals surface area (Å²) >= 11 is 2.65. The summed E-state index contributed by atoms with van der Waals surface area (Å²) in [5.41, 5.74) is 0. The Kier molecular flexibility index (Phi) is 5.85. The van der Waals surface area contributed by atoms with E-state index in [-0.39, 0.29) is 0 Å². The molecule has 0 spiro atoms. The van der Waals surface area contributed by atoms with Crippen molar-refractivity contribution in [2.75, 3.05) is 0 Å². The minimum absolute atomic E-state index is 0.981. The van der Waals surface area contributed by atoms with Crippen LogP contribution in [0.25, 0.3) is 0 Å². The van der Waals surface area contributed by atoms with Gasteiger partial charge >= 0.3 is 0 Å². The summed E-state index contributed by atoms with van der Waals surface area (Å²) < 4.78 is 0.981. The van der Waals surface area contributed by atoms with Crippen LogP contribution in [0, 0.1) is 17.8 Å². The van der Waals surface area contributed by atoms with Gasteiger partial charge in [-0.05, 0) is 82.5 Å². The Labute approximate surface area is 121 Å². The van der Waals surface area contributed by atoms with Crippen molar-refractivity contribution < 1.29 is 0 Å². The summed E-state index contributed by atoms with van der Waals surface area (Å²) in [5.74, 6) is 3.17. The van der Waals surface area contributed by atoms with Crippen LogP contribution in [-0.2, 0) is 0 Å². The molecule has 2 aliphatic rings. The lowest BCUT2D eigenvalue weighted by Gasteiger charge is -2.36. The van der Waals surface area contributed by atoms with Crippen molar-refractivity contribution in [2.45, 2.75) is 68.6 Å². The maximum Gasteiger partial charge on any atom is 0.0110 e. The van der Waals surface area contributed by atoms with Crippen LogP contribution < -0.4 is 0 Å². The molecule has 0 heterocycles. The van der Waals surface area contributed by atoms with Crippen LogP contribution in [0.3, 0.4) is 0 Å². The standard InChI is InChI=1S/C16H27I/c1-2-3-4-13-5-7-14(8-6-13)15-9-11-16(17)12-10-15/h2-3,13-16H,4-12H2,1H3/b3-2-. The molecule has 0 aromatic rings. The zero-order chi connectivity index (χ0) is 12.1. The summed E-state index contributed by atoms with van der Waals surface area (Å²) in [5, 5.41) is 0. The van der Waals surface area contributed by atoms with E-state index < -0.39 is 0 Å². The normalized spacial score (nSPS) is 39.6. The second kappa shape index (κ2) is 7.16. The Bertz CT molecular complexity index is 230. The third-order valence-electron chi connectivity index (χ3n) is 4.96. The fraction of sp³-hybridized carbons (Fsp3) is 0.875. The lowest BCUT2D eigenvalue weighted by atomic mass is 9.70. The molecule has 0 aliphatic heterocycles. The van der Waals surface area contributed by atoms with Crippen LogP contribution in [0.1, 0.15) is 64.7 Å². The second-order valence-corrected chi connectivity index (χ2v) is 7.86. The fourth-order valence-corrected chi connectivity index (χ4v) is 4.49. The van der Waals surface area contributed by atoms with E-state index in [0.29, 0.717) is 0 Å². The molecule has 0 atom stereocenters. The van der Waals surface area contributed by atoms with Gasteiger partial charge in [0.2, 0.25) is 0 Å². The maximum atomic E-state index is 2.65. The van der Waals surface area contributed by atoms with E-state index in [1.807, 2.05) is 0 Å². The number of halogens is 1. The van der Waals surface area contributed by atoms with Gasteiger partial charge in [-0.2, -0.15) is 0 Å². The summed E-state index contributed by atoms with van der Waals surface area (Å²) in [6, 6.07) is 0. The van der Waals surface area contributed by atoms with Gasteiger partial charge in [0.05, 0.1) is 0 Å². The smallest absolute Gasteiger partial charge is 0.0110 e. The third-order valence-corrected chi connectivity index (χ3v) is 6.21. The van der Waals surface area contributed by atoms with Gasteiger partial charge in [-0.1, -0.05) is 34.7 Å². The van der Waals surface area contributed by atoms with Crippen molar-refractivity contribution in [3.63, 3.8) is 0 Å². The molecule has 0 bridgehead atoms. The van der Waals surface area contributed by atoms with Crippen molar-refractivity contribution in [1.82, 2.24) is 0 Å². The third kappa shape index (κ3) is 4.25. The zero-order valence-electron chi connectivity index (χ0n) is 11.2. The van der Waals surface area contributed by atoms with Crippen molar-refractivity contribution in [3.8, 4) is 0 Å². The SMILES string of the molecule is C/C=C\CC1CCC(C2CCC(I)CC2)CC1. The minimum atomic E-state index is 0.981. The van der Waals surface area contributed by atoms with Crippen LogP contribution in [0.4, 0.5) is 0 Å². The predicted molar refractivity (Wildman–Crippen MR) is 84.6 cm³/mol. The first kappa shape index (κ1) is 13.9. The van der Waals surface area contributed by atoms with Crippen LogP contribution in [0.5, 0.6) is 0 Å². The quantitative estimate of drug-likeness (QED) is 0.347. The summed E-state index contributed by atoms with van der Waals surface area (Å²) in [4.78, 5) is 0. The average Bonchev–Trinajstić information content (AvgIpc) is 2.38. The van der Waals surface area contributed by atoms with E-state index >= 15 is 0 Å². The van der Waals surface area contributed by atoms with E-state index in [0.717, 1.165) is 21.7 Å². The first-order valence-electron chi connectivity index (χ1n) is 7.54. The highest BCUT2D eigenvalue weighted by Crippen LogP contribution is 2.41. The van der Waals surface area contributed by atoms with E-state index in [4.69, 9.17) is 0 Å². The molecule has 0 aromatic carbocycles. The van der Waals surface area contributed by atoms with E-state index in [1.54, 1.807) is 0 Å². The Morgan fingerprint density at radius 1 is 0.882 bits per heavy atom. The predicted octanol–water partition coefficient (Wildman–Crippen LogP) is 5.75. The topological polar surface area (TPSA) is 0 Å². The van der Waals surface area contributed by atoms with Crippen LogP contribution in [0.15, 0.2) is 12.2 Å². The Morgan fingerprint density at radius 3 is 1.94 bits per heavy atom. The molecule has 0 N–H and O–H groups in total. The number of alkyl halides is 1. The zero-order valence-corrected chi connectivity index (χ0v) is 13.4. The molecule has 0 aromatic heterocycles. The van der Waals surface area contributed by atoms with Crippen molar-refractivity contribution in [3.05, 3.63) is 12.2 Å². The van der Waals surface area contributed by atoms with Gasteiger partial charge in [0.25, 0.3) is 0 Å². The maximum absolute atomic E-state index is 2.65. The lowest BCUT2D eigenvalue weighted by molar-refractivity contribution is 0.171. The highest BCUT2D eigenvalue weighted by Gasteiger charge is 2.29. The van der Waals surface area contributed by atoms with E-state index in [1.165, 1.54) is 57.8 Å². The molecule has 17 heavy (non-hydrogen) atoms. The monoisotopic (exact) mass is 346 g/mol. The van der Waals surface area contributed by atoms with Crippen molar-refractivity contribution >= 4 is 22.6 Å². The molecule has 98 valence electrons. The van der Waals surface area contributed by atoms with Gasteiger partial charge in [-0.25, -0.2) is 0 Å². The molecular weight excluding hydrogens is 319 g/mol. The summed E-state index contributed by atoms with van der Waals surface area (Å²) in [6.07, 6.45) is 18.0. The first-order chi connectivity index (χ1) is 8.29. The summed E-state index contributed by atoms with van der Waals surface area (Å²) in [7, 11) is 0.